The van der Waals surface area contributed by atoms with E-state index in [2.05, 4.69) is 47.7 Å². The van der Waals surface area contributed by atoms with Gasteiger partial charge in [-0.05, 0) is 49.9 Å². The molecule has 23 heavy (non-hydrogen) atoms. The summed E-state index contributed by atoms with van der Waals surface area (Å²) in [5, 5.41) is 6.34. The Kier molecular flexibility index (Phi) is 5.74. The molecule has 1 unspecified atom stereocenters. The molecular formula is C19H25N3O. The lowest BCUT2D eigenvalue weighted by atomic mass is 10.1. The van der Waals surface area contributed by atoms with Crippen molar-refractivity contribution in [2.24, 2.45) is 0 Å². The van der Waals surface area contributed by atoms with E-state index in [0.717, 1.165) is 24.2 Å². The standard InChI is InChI=1S/C19H25N3O/c1-5-14(4)21-19(23)17-11-10-16(12-20-17)22-18-13(3)8-7-9-15(18)6-2/h7-12,14,22H,5-6H2,1-4H3,(H,21,23). The maximum absolute atomic E-state index is 12.0. The van der Waals surface area contributed by atoms with Crippen molar-refractivity contribution in [3.05, 3.63) is 53.3 Å². The van der Waals surface area contributed by atoms with E-state index in [1.807, 2.05) is 19.9 Å². The van der Waals surface area contributed by atoms with Gasteiger partial charge in [-0.1, -0.05) is 32.0 Å². The van der Waals surface area contributed by atoms with Crippen molar-refractivity contribution in [2.75, 3.05) is 5.32 Å². The number of benzene rings is 1. The molecule has 2 rings (SSSR count). The van der Waals surface area contributed by atoms with E-state index in [4.69, 9.17) is 0 Å². The van der Waals surface area contributed by atoms with E-state index >= 15 is 0 Å². The third kappa shape index (κ3) is 4.31. The number of amides is 1. The molecule has 0 saturated heterocycles. The number of carbonyl (C=O) groups is 1. The second-order valence-electron chi connectivity index (χ2n) is 5.80. The van der Waals surface area contributed by atoms with Gasteiger partial charge in [0, 0.05) is 11.7 Å². The minimum atomic E-state index is -0.129. The average Bonchev–Trinajstić information content (AvgIpc) is 2.57. The predicted molar refractivity (Wildman–Crippen MR) is 95.3 cm³/mol. The molecule has 2 aromatic rings. The molecule has 0 radical (unpaired) electrons. The fraction of sp³-hybridized carbons (Fsp3) is 0.368. The van der Waals surface area contributed by atoms with Gasteiger partial charge in [0.15, 0.2) is 0 Å². The molecule has 0 saturated carbocycles. The van der Waals surface area contributed by atoms with Crippen LogP contribution in [0.2, 0.25) is 0 Å². The van der Waals surface area contributed by atoms with E-state index in [1.165, 1.54) is 11.1 Å². The molecule has 1 aromatic heterocycles. The lowest BCUT2D eigenvalue weighted by molar-refractivity contribution is 0.0934. The molecule has 1 heterocycles. The Balaban J connectivity index is 2.13. The molecule has 4 nitrogen and oxygen atoms in total. The number of rotatable bonds is 6. The van der Waals surface area contributed by atoms with Crippen LogP contribution in [0, 0.1) is 6.92 Å². The average molecular weight is 311 g/mol. The molecule has 122 valence electrons. The second-order valence-corrected chi connectivity index (χ2v) is 5.80. The Labute approximate surface area is 138 Å². The number of carbonyl (C=O) groups excluding carboxylic acids is 1. The monoisotopic (exact) mass is 311 g/mol. The fourth-order valence-electron chi connectivity index (χ4n) is 2.35. The predicted octanol–water partition coefficient (Wildman–Crippen LogP) is 4.22. The van der Waals surface area contributed by atoms with Crippen LogP contribution >= 0.6 is 0 Å². The second kappa shape index (κ2) is 7.77. The van der Waals surface area contributed by atoms with Gasteiger partial charge in [-0.3, -0.25) is 4.79 Å². The van der Waals surface area contributed by atoms with E-state index in [-0.39, 0.29) is 11.9 Å². The highest BCUT2D eigenvalue weighted by Crippen LogP contribution is 2.25. The van der Waals surface area contributed by atoms with Gasteiger partial charge >= 0.3 is 0 Å². The summed E-state index contributed by atoms with van der Waals surface area (Å²) < 4.78 is 0. The van der Waals surface area contributed by atoms with Gasteiger partial charge in [0.25, 0.3) is 5.91 Å². The first kappa shape index (κ1) is 17.0. The molecule has 2 N–H and O–H groups in total. The minimum Gasteiger partial charge on any atom is -0.354 e. The fourth-order valence-corrected chi connectivity index (χ4v) is 2.35. The van der Waals surface area contributed by atoms with Gasteiger partial charge in [-0.15, -0.1) is 0 Å². The van der Waals surface area contributed by atoms with Crippen LogP contribution in [0.3, 0.4) is 0 Å². The topological polar surface area (TPSA) is 54.0 Å². The largest absolute Gasteiger partial charge is 0.354 e. The molecular weight excluding hydrogens is 286 g/mol. The maximum Gasteiger partial charge on any atom is 0.270 e. The van der Waals surface area contributed by atoms with Gasteiger partial charge in [-0.25, -0.2) is 4.98 Å². The SMILES string of the molecule is CCc1cccc(C)c1Nc1ccc(C(=O)NC(C)CC)nc1. The number of aromatic nitrogens is 1. The Bertz CT molecular complexity index is 665. The molecule has 1 atom stereocenters. The van der Waals surface area contributed by atoms with Crippen LogP contribution in [0.1, 0.15) is 48.8 Å². The lowest BCUT2D eigenvalue weighted by Crippen LogP contribution is -2.32. The minimum absolute atomic E-state index is 0.129. The number of hydrogen-bond donors (Lipinski definition) is 2. The zero-order valence-corrected chi connectivity index (χ0v) is 14.3. The van der Waals surface area contributed by atoms with Crippen molar-refractivity contribution < 1.29 is 4.79 Å². The molecule has 0 aliphatic rings. The molecule has 0 bridgehead atoms. The van der Waals surface area contributed by atoms with Crippen LogP contribution in [0.5, 0.6) is 0 Å². The first-order chi connectivity index (χ1) is 11.0. The summed E-state index contributed by atoms with van der Waals surface area (Å²) in [6.45, 7) is 8.25. The van der Waals surface area contributed by atoms with Crippen LogP contribution in [0.25, 0.3) is 0 Å². The summed E-state index contributed by atoms with van der Waals surface area (Å²) in [6.07, 6.45) is 3.57. The zero-order chi connectivity index (χ0) is 16.8. The number of para-hydroxylation sites is 1. The van der Waals surface area contributed by atoms with Gasteiger partial charge < -0.3 is 10.6 Å². The molecule has 0 spiro atoms. The number of nitrogens with zero attached hydrogens (tertiary/aromatic N) is 1. The summed E-state index contributed by atoms with van der Waals surface area (Å²) in [5.74, 6) is -0.129. The highest BCUT2D eigenvalue weighted by atomic mass is 16.1. The number of aryl methyl sites for hydroxylation is 2. The van der Waals surface area contributed by atoms with Crippen LogP contribution in [-0.2, 0) is 6.42 Å². The lowest BCUT2D eigenvalue weighted by Gasteiger charge is -2.14. The summed E-state index contributed by atoms with van der Waals surface area (Å²) >= 11 is 0. The summed E-state index contributed by atoms with van der Waals surface area (Å²) in [4.78, 5) is 16.3. The van der Waals surface area contributed by atoms with E-state index in [0.29, 0.717) is 5.69 Å². The van der Waals surface area contributed by atoms with Gasteiger partial charge in [0.1, 0.15) is 5.69 Å². The van der Waals surface area contributed by atoms with Crippen molar-refractivity contribution in [3.8, 4) is 0 Å². The number of nitrogens with one attached hydrogen (secondary N) is 2. The normalized spacial score (nSPS) is 11.8. The highest BCUT2D eigenvalue weighted by Gasteiger charge is 2.10. The Morgan fingerprint density at radius 1 is 1.22 bits per heavy atom. The molecule has 4 heteroatoms. The van der Waals surface area contributed by atoms with E-state index < -0.39 is 0 Å². The molecule has 0 fully saturated rings. The van der Waals surface area contributed by atoms with Crippen molar-refractivity contribution in [1.82, 2.24) is 10.3 Å². The molecule has 1 aromatic carbocycles. The van der Waals surface area contributed by atoms with E-state index in [1.54, 1.807) is 12.3 Å². The van der Waals surface area contributed by atoms with Crippen molar-refractivity contribution in [1.29, 1.82) is 0 Å². The Hall–Kier alpha value is -2.36. The number of hydrogen-bond acceptors (Lipinski definition) is 3. The van der Waals surface area contributed by atoms with Crippen molar-refractivity contribution in [3.63, 3.8) is 0 Å². The van der Waals surface area contributed by atoms with E-state index in [9.17, 15) is 4.79 Å². The molecule has 0 aliphatic heterocycles. The van der Waals surface area contributed by atoms with Crippen LogP contribution < -0.4 is 10.6 Å². The molecule has 0 aliphatic carbocycles. The maximum atomic E-state index is 12.0. The number of anilines is 2. The quantitative estimate of drug-likeness (QED) is 0.839. The number of pyridine rings is 1. The summed E-state index contributed by atoms with van der Waals surface area (Å²) in [5.41, 5.74) is 4.91. The van der Waals surface area contributed by atoms with Gasteiger partial charge in [0.05, 0.1) is 11.9 Å². The smallest absolute Gasteiger partial charge is 0.270 e. The first-order valence-electron chi connectivity index (χ1n) is 8.17. The van der Waals surface area contributed by atoms with Crippen molar-refractivity contribution in [2.45, 2.75) is 46.6 Å². The van der Waals surface area contributed by atoms with Crippen LogP contribution in [-0.4, -0.2) is 16.9 Å². The van der Waals surface area contributed by atoms with Crippen LogP contribution in [0.4, 0.5) is 11.4 Å². The van der Waals surface area contributed by atoms with Gasteiger partial charge in [-0.2, -0.15) is 0 Å². The Morgan fingerprint density at radius 3 is 2.61 bits per heavy atom. The summed E-state index contributed by atoms with van der Waals surface area (Å²) in [7, 11) is 0. The highest BCUT2D eigenvalue weighted by molar-refractivity contribution is 5.92. The summed E-state index contributed by atoms with van der Waals surface area (Å²) in [6, 6.07) is 10.1. The molecule has 1 amide bonds. The third-order valence-electron chi connectivity index (χ3n) is 4.00. The first-order valence-corrected chi connectivity index (χ1v) is 8.17. The zero-order valence-electron chi connectivity index (χ0n) is 14.3. The van der Waals surface area contributed by atoms with Gasteiger partial charge in [0.2, 0.25) is 0 Å². The third-order valence-corrected chi connectivity index (χ3v) is 4.00. The van der Waals surface area contributed by atoms with Crippen molar-refractivity contribution >= 4 is 17.3 Å². The van der Waals surface area contributed by atoms with Crippen LogP contribution in [0.15, 0.2) is 36.5 Å². The Morgan fingerprint density at radius 2 is 2.00 bits per heavy atom.